The van der Waals surface area contributed by atoms with Gasteiger partial charge in [0.15, 0.2) is 0 Å². The third-order valence-corrected chi connectivity index (χ3v) is 3.85. The van der Waals surface area contributed by atoms with Gasteiger partial charge in [0, 0.05) is 17.1 Å². The zero-order valence-electron chi connectivity index (χ0n) is 14.9. The van der Waals surface area contributed by atoms with Crippen molar-refractivity contribution in [2.24, 2.45) is 0 Å². The molecule has 1 heteroatoms. The summed E-state index contributed by atoms with van der Waals surface area (Å²) >= 11 is 0. The summed E-state index contributed by atoms with van der Waals surface area (Å²) in [5, 5.41) is 0. The van der Waals surface area contributed by atoms with Crippen LogP contribution in [-0.4, -0.2) is 0 Å². The van der Waals surface area contributed by atoms with E-state index in [9.17, 15) is 0 Å². The van der Waals surface area contributed by atoms with Crippen molar-refractivity contribution in [2.45, 2.75) is 33.6 Å². The van der Waals surface area contributed by atoms with E-state index in [1.807, 2.05) is 0 Å². The van der Waals surface area contributed by atoms with Crippen molar-refractivity contribution in [1.29, 1.82) is 0 Å². The van der Waals surface area contributed by atoms with E-state index in [1.165, 1.54) is 22.6 Å². The first kappa shape index (κ1) is 17.8. The molecule has 0 amide bonds. The Morgan fingerprint density at radius 1 is 0.875 bits per heavy atom. The van der Waals surface area contributed by atoms with E-state index >= 15 is 0 Å². The summed E-state index contributed by atoms with van der Waals surface area (Å²) in [6, 6.07) is 19.2. The normalized spacial score (nSPS) is 12.2. The molecule has 0 aliphatic heterocycles. The number of allylic oxidation sites excluding steroid dienone is 6. The summed E-state index contributed by atoms with van der Waals surface area (Å²) in [4.78, 5) is 2.31. The molecule has 0 N–H and O–H groups in total. The maximum absolute atomic E-state index is 2.31. The Kier molecular flexibility index (Phi) is 7.10. The van der Waals surface area contributed by atoms with Gasteiger partial charge in [-0.2, -0.15) is 0 Å². The van der Waals surface area contributed by atoms with E-state index in [1.54, 1.807) is 0 Å². The van der Waals surface area contributed by atoms with Crippen LogP contribution in [0.1, 0.15) is 32.3 Å². The summed E-state index contributed by atoms with van der Waals surface area (Å²) in [5.74, 6) is 0. The second-order valence-corrected chi connectivity index (χ2v) is 5.87. The van der Waals surface area contributed by atoms with Crippen LogP contribution in [0.5, 0.6) is 0 Å². The number of anilines is 2. The average molecular weight is 317 g/mol. The van der Waals surface area contributed by atoms with Crippen molar-refractivity contribution in [3.63, 3.8) is 0 Å². The quantitative estimate of drug-likeness (QED) is 0.499. The number of para-hydroxylation sites is 1. The van der Waals surface area contributed by atoms with Crippen molar-refractivity contribution in [3.05, 3.63) is 96.2 Å². The minimum absolute atomic E-state index is 0.943. The molecule has 0 aliphatic rings. The van der Waals surface area contributed by atoms with Crippen LogP contribution >= 0.6 is 0 Å². The van der Waals surface area contributed by atoms with Gasteiger partial charge in [0.25, 0.3) is 0 Å². The minimum Gasteiger partial charge on any atom is -0.315 e. The van der Waals surface area contributed by atoms with Crippen molar-refractivity contribution in [2.75, 3.05) is 4.90 Å². The predicted molar refractivity (Wildman–Crippen MR) is 107 cm³/mol. The number of aryl methyl sites for hydroxylation is 1. The van der Waals surface area contributed by atoms with Gasteiger partial charge < -0.3 is 4.90 Å². The van der Waals surface area contributed by atoms with E-state index in [0.29, 0.717) is 0 Å². The second kappa shape index (κ2) is 9.57. The smallest absolute Gasteiger partial charge is 0.0460 e. The van der Waals surface area contributed by atoms with E-state index in [-0.39, 0.29) is 0 Å². The summed E-state index contributed by atoms with van der Waals surface area (Å²) in [5.41, 5.74) is 4.90. The monoisotopic (exact) mass is 317 g/mol. The van der Waals surface area contributed by atoms with E-state index in [4.69, 9.17) is 0 Å². The first-order valence-electron chi connectivity index (χ1n) is 8.57. The van der Waals surface area contributed by atoms with Crippen LogP contribution in [0.25, 0.3) is 0 Å². The zero-order chi connectivity index (χ0) is 17.2. The standard InChI is InChI=1S/C23H27N/c1-4-5-6-7-8-10-15-21(3)24(22-16-11-9-12-17-22)23-18-13-14-20(2)19-23/h4-5,7-9,11-19H,6,10H2,1-3H3/b5-4-,8-7?,21-15+. The number of hydrogen-bond acceptors (Lipinski definition) is 1. The highest BCUT2D eigenvalue weighted by atomic mass is 15.1. The first-order chi connectivity index (χ1) is 11.7. The molecule has 124 valence electrons. The van der Waals surface area contributed by atoms with E-state index < -0.39 is 0 Å². The molecule has 0 fully saturated rings. The molecule has 0 aromatic heterocycles. The topological polar surface area (TPSA) is 3.24 Å². The maximum Gasteiger partial charge on any atom is 0.0460 e. The van der Waals surface area contributed by atoms with Gasteiger partial charge in [-0.3, -0.25) is 0 Å². The number of rotatable bonds is 7. The third kappa shape index (κ3) is 5.27. The highest BCUT2D eigenvalue weighted by Gasteiger charge is 2.10. The summed E-state index contributed by atoms with van der Waals surface area (Å²) in [6.07, 6.45) is 12.9. The van der Waals surface area contributed by atoms with Crippen LogP contribution < -0.4 is 4.90 Å². The molecule has 0 bridgehead atoms. The summed E-state index contributed by atoms with van der Waals surface area (Å²) in [7, 11) is 0. The molecule has 0 unspecified atom stereocenters. The molecule has 24 heavy (non-hydrogen) atoms. The molecule has 2 aromatic rings. The summed E-state index contributed by atoms with van der Waals surface area (Å²) in [6.45, 7) is 6.36. The molecule has 0 atom stereocenters. The SMILES string of the molecule is C/C=C\CC=CC/C=C(\C)N(c1ccccc1)c1cccc(C)c1. The van der Waals surface area contributed by atoms with Crippen LogP contribution in [0.3, 0.4) is 0 Å². The first-order valence-corrected chi connectivity index (χ1v) is 8.57. The lowest BCUT2D eigenvalue weighted by Gasteiger charge is -2.26. The van der Waals surface area contributed by atoms with Gasteiger partial charge in [0.05, 0.1) is 0 Å². The fraction of sp³-hybridized carbons (Fsp3) is 0.217. The Labute approximate surface area is 146 Å². The molecule has 0 spiro atoms. The van der Waals surface area contributed by atoms with Crippen LogP contribution in [0.4, 0.5) is 11.4 Å². The Morgan fingerprint density at radius 2 is 1.58 bits per heavy atom. The Hall–Kier alpha value is -2.54. The minimum atomic E-state index is 0.943. The Bertz CT molecular complexity index is 708. The number of hydrogen-bond donors (Lipinski definition) is 0. The lowest BCUT2D eigenvalue weighted by Crippen LogP contribution is -2.14. The van der Waals surface area contributed by atoms with Gasteiger partial charge in [-0.15, -0.1) is 0 Å². The van der Waals surface area contributed by atoms with Gasteiger partial charge in [-0.25, -0.2) is 0 Å². The third-order valence-electron chi connectivity index (χ3n) is 3.85. The van der Waals surface area contributed by atoms with Crippen LogP contribution in [-0.2, 0) is 0 Å². The van der Waals surface area contributed by atoms with E-state index in [0.717, 1.165) is 12.8 Å². The van der Waals surface area contributed by atoms with Gasteiger partial charge in [-0.05, 0) is 63.4 Å². The van der Waals surface area contributed by atoms with E-state index in [2.05, 4.69) is 111 Å². The number of benzene rings is 2. The fourth-order valence-electron chi connectivity index (χ4n) is 2.64. The lowest BCUT2D eigenvalue weighted by atomic mass is 10.1. The molecule has 2 aromatic carbocycles. The lowest BCUT2D eigenvalue weighted by molar-refractivity contribution is 1.12. The van der Waals surface area contributed by atoms with Crippen molar-refractivity contribution >= 4 is 11.4 Å². The molecular weight excluding hydrogens is 290 g/mol. The highest BCUT2D eigenvalue weighted by Crippen LogP contribution is 2.30. The van der Waals surface area contributed by atoms with Crippen molar-refractivity contribution < 1.29 is 0 Å². The Morgan fingerprint density at radius 3 is 2.29 bits per heavy atom. The van der Waals surface area contributed by atoms with Crippen LogP contribution in [0.2, 0.25) is 0 Å². The largest absolute Gasteiger partial charge is 0.315 e. The van der Waals surface area contributed by atoms with Crippen molar-refractivity contribution in [3.8, 4) is 0 Å². The molecule has 0 aliphatic carbocycles. The average Bonchev–Trinajstić information content (AvgIpc) is 2.59. The van der Waals surface area contributed by atoms with Crippen LogP contribution in [0, 0.1) is 6.92 Å². The van der Waals surface area contributed by atoms with Crippen molar-refractivity contribution in [1.82, 2.24) is 0 Å². The maximum atomic E-state index is 2.31. The van der Waals surface area contributed by atoms with Gasteiger partial charge in [-0.1, -0.05) is 60.7 Å². The predicted octanol–water partition coefficient (Wildman–Crippen LogP) is 6.95. The fourth-order valence-corrected chi connectivity index (χ4v) is 2.64. The van der Waals surface area contributed by atoms with Gasteiger partial charge in [0.1, 0.15) is 0 Å². The Balaban J connectivity index is 2.24. The number of nitrogens with zero attached hydrogens (tertiary/aromatic N) is 1. The van der Waals surface area contributed by atoms with Crippen LogP contribution in [0.15, 0.2) is 90.7 Å². The second-order valence-electron chi connectivity index (χ2n) is 5.87. The molecular formula is C23H27N. The molecule has 0 saturated carbocycles. The van der Waals surface area contributed by atoms with Gasteiger partial charge in [0.2, 0.25) is 0 Å². The molecule has 0 radical (unpaired) electrons. The molecule has 1 nitrogen and oxygen atoms in total. The van der Waals surface area contributed by atoms with Gasteiger partial charge >= 0.3 is 0 Å². The summed E-state index contributed by atoms with van der Waals surface area (Å²) < 4.78 is 0. The molecule has 0 saturated heterocycles. The molecule has 2 rings (SSSR count). The zero-order valence-corrected chi connectivity index (χ0v) is 14.9. The molecule has 0 heterocycles. The highest BCUT2D eigenvalue weighted by molar-refractivity contribution is 5.68.